The number of hydrogen-bond donors (Lipinski definition) is 3. The number of hydrogen-bond acceptors (Lipinski definition) is 3. The van der Waals surface area contributed by atoms with E-state index in [1.807, 2.05) is 48.5 Å². The molecule has 19 heavy (non-hydrogen) atoms. The zero-order valence-corrected chi connectivity index (χ0v) is 11.6. The minimum absolute atomic E-state index is 0.0749. The van der Waals surface area contributed by atoms with E-state index in [9.17, 15) is 5.11 Å². The largest absolute Gasteiger partial charge is 0.373 e. The number of benzene rings is 2. The second kappa shape index (κ2) is 7.22. The normalized spacial score (nSPS) is 13.8. The molecule has 2 unspecified atom stereocenters. The topological polar surface area (TPSA) is 32.3 Å². The smallest absolute Gasteiger partial charge is 0.128 e. The van der Waals surface area contributed by atoms with E-state index in [-0.39, 0.29) is 5.92 Å². The highest BCUT2D eigenvalue weighted by Gasteiger charge is 2.18. The number of rotatable bonds is 6. The Morgan fingerprint density at radius 1 is 0.947 bits per heavy atom. The number of aliphatic hydroxyl groups is 1. The summed E-state index contributed by atoms with van der Waals surface area (Å²) < 4.78 is 0. The summed E-state index contributed by atoms with van der Waals surface area (Å²) in [6.45, 7) is 0. The Hall–Kier alpha value is -1.45. The van der Waals surface area contributed by atoms with Crippen molar-refractivity contribution >= 4 is 18.3 Å². The molecule has 2 N–H and O–H groups in total. The SMILES string of the molecule is OC(Nc1ccccc1)C(CS)Cc1ccccc1. The van der Waals surface area contributed by atoms with Gasteiger partial charge in [0.15, 0.2) is 0 Å². The maximum atomic E-state index is 10.3. The van der Waals surface area contributed by atoms with Crippen LogP contribution in [0.5, 0.6) is 0 Å². The average molecular weight is 273 g/mol. The van der Waals surface area contributed by atoms with Crippen molar-refractivity contribution in [3.63, 3.8) is 0 Å². The standard InChI is InChI=1S/C16H19NOS/c18-16(17-15-9-5-2-6-10-15)14(12-19)11-13-7-3-1-4-8-13/h1-10,14,16-19H,11-12H2. The van der Waals surface area contributed by atoms with Crippen LogP contribution in [0.15, 0.2) is 60.7 Å². The van der Waals surface area contributed by atoms with E-state index in [1.54, 1.807) is 0 Å². The van der Waals surface area contributed by atoms with Crippen molar-refractivity contribution in [2.45, 2.75) is 12.6 Å². The molecule has 2 aromatic carbocycles. The lowest BCUT2D eigenvalue weighted by atomic mass is 9.99. The zero-order chi connectivity index (χ0) is 13.5. The molecule has 2 aromatic rings. The summed E-state index contributed by atoms with van der Waals surface area (Å²) in [6.07, 6.45) is 0.214. The van der Waals surface area contributed by atoms with Crippen LogP contribution < -0.4 is 5.32 Å². The molecule has 0 aliphatic carbocycles. The highest BCUT2D eigenvalue weighted by Crippen LogP contribution is 2.17. The van der Waals surface area contributed by atoms with Gasteiger partial charge in [-0.2, -0.15) is 12.6 Å². The predicted molar refractivity (Wildman–Crippen MR) is 83.6 cm³/mol. The molecule has 0 fully saturated rings. The molecule has 0 radical (unpaired) electrons. The van der Waals surface area contributed by atoms with Crippen LogP contribution in [0.25, 0.3) is 0 Å². The van der Waals surface area contributed by atoms with Crippen molar-refractivity contribution in [2.75, 3.05) is 11.1 Å². The van der Waals surface area contributed by atoms with Crippen LogP contribution in [0, 0.1) is 5.92 Å². The van der Waals surface area contributed by atoms with Crippen LogP contribution in [-0.2, 0) is 6.42 Å². The molecule has 0 aliphatic rings. The Bertz CT molecular complexity index is 475. The molecule has 100 valence electrons. The highest BCUT2D eigenvalue weighted by atomic mass is 32.1. The molecule has 0 heterocycles. The van der Waals surface area contributed by atoms with Crippen LogP contribution in [-0.4, -0.2) is 17.1 Å². The Morgan fingerprint density at radius 3 is 2.11 bits per heavy atom. The lowest BCUT2D eigenvalue weighted by Crippen LogP contribution is -2.31. The van der Waals surface area contributed by atoms with E-state index in [1.165, 1.54) is 5.56 Å². The van der Waals surface area contributed by atoms with E-state index in [4.69, 9.17) is 0 Å². The lowest BCUT2D eigenvalue weighted by Gasteiger charge is -2.23. The van der Waals surface area contributed by atoms with Crippen LogP contribution >= 0.6 is 12.6 Å². The number of thiol groups is 1. The first-order valence-electron chi connectivity index (χ1n) is 6.44. The number of para-hydroxylation sites is 1. The number of aliphatic hydroxyl groups excluding tert-OH is 1. The van der Waals surface area contributed by atoms with Crippen molar-refractivity contribution in [1.29, 1.82) is 0 Å². The van der Waals surface area contributed by atoms with Gasteiger partial charge in [0.1, 0.15) is 6.23 Å². The summed E-state index contributed by atoms with van der Waals surface area (Å²) in [7, 11) is 0. The van der Waals surface area contributed by atoms with Crippen molar-refractivity contribution in [1.82, 2.24) is 0 Å². The molecule has 0 amide bonds. The van der Waals surface area contributed by atoms with Crippen LogP contribution in [0.1, 0.15) is 5.56 Å². The lowest BCUT2D eigenvalue weighted by molar-refractivity contribution is 0.146. The molecule has 0 aromatic heterocycles. The third-order valence-electron chi connectivity index (χ3n) is 3.11. The fourth-order valence-corrected chi connectivity index (χ4v) is 2.34. The predicted octanol–water partition coefficient (Wildman–Crippen LogP) is 3.21. The van der Waals surface area contributed by atoms with E-state index < -0.39 is 6.23 Å². The second-order valence-electron chi connectivity index (χ2n) is 4.59. The van der Waals surface area contributed by atoms with E-state index in [2.05, 4.69) is 30.1 Å². The fourth-order valence-electron chi connectivity index (χ4n) is 2.02. The molecular weight excluding hydrogens is 254 g/mol. The third kappa shape index (κ3) is 4.30. The van der Waals surface area contributed by atoms with Crippen molar-refractivity contribution in [3.05, 3.63) is 66.2 Å². The van der Waals surface area contributed by atoms with E-state index in [0.717, 1.165) is 12.1 Å². The first kappa shape index (κ1) is 14.0. The summed E-state index contributed by atoms with van der Waals surface area (Å²) in [5.41, 5.74) is 2.14. The molecule has 2 rings (SSSR count). The van der Waals surface area contributed by atoms with Crippen LogP contribution in [0.2, 0.25) is 0 Å². The maximum Gasteiger partial charge on any atom is 0.128 e. The summed E-state index contributed by atoms with van der Waals surface area (Å²) in [4.78, 5) is 0. The summed E-state index contributed by atoms with van der Waals surface area (Å²) in [6, 6.07) is 19.9. The van der Waals surface area contributed by atoms with Gasteiger partial charge in [-0.25, -0.2) is 0 Å². The van der Waals surface area contributed by atoms with Gasteiger partial charge in [0, 0.05) is 11.6 Å². The Balaban J connectivity index is 1.97. The van der Waals surface area contributed by atoms with Gasteiger partial charge < -0.3 is 10.4 Å². The van der Waals surface area contributed by atoms with Gasteiger partial charge in [0.25, 0.3) is 0 Å². The molecule has 3 heteroatoms. The van der Waals surface area contributed by atoms with Gasteiger partial charge >= 0.3 is 0 Å². The Morgan fingerprint density at radius 2 is 1.53 bits per heavy atom. The first-order valence-corrected chi connectivity index (χ1v) is 7.07. The molecule has 2 nitrogen and oxygen atoms in total. The van der Waals surface area contributed by atoms with E-state index in [0.29, 0.717) is 5.75 Å². The van der Waals surface area contributed by atoms with Gasteiger partial charge in [-0.05, 0) is 29.9 Å². The molecule has 0 aliphatic heterocycles. The minimum Gasteiger partial charge on any atom is -0.373 e. The van der Waals surface area contributed by atoms with Gasteiger partial charge in [-0.1, -0.05) is 48.5 Å². The Labute approximate surface area is 119 Å². The van der Waals surface area contributed by atoms with Gasteiger partial charge in [0.05, 0.1) is 0 Å². The molecule has 0 saturated heterocycles. The second-order valence-corrected chi connectivity index (χ2v) is 4.95. The number of nitrogens with one attached hydrogen (secondary N) is 1. The summed E-state index contributed by atoms with van der Waals surface area (Å²) in [5, 5.41) is 13.4. The van der Waals surface area contributed by atoms with Crippen LogP contribution in [0.4, 0.5) is 5.69 Å². The third-order valence-corrected chi connectivity index (χ3v) is 3.58. The van der Waals surface area contributed by atoms with Gasteiger partial charge in [-0.15, -0.1) is 0 Å². The molecule has 0 spiro atoms. The van der Waals surface area contributed by atoms with Crippen molar-refractivity contribution in [2.24, 2.45) is 5.92 Å². The minimum atomic E-state index is -0.597. The monoisotopic (exact) mass is 273 g/mol. The van der Waals surface area contributed by atoms with Gasteiger partial charge in [0.2, 0.25) is 0 Å². The number of anilines is 1. The average Bonchev–Trinajstić information content (AvgIpc) is 2.47. The maximum absolute atomic E-state index is 10.3. The Kier molecular flexibility index (Phi) is 5.31. The van der Waals surface area contributed by atoms with Gasteiger partial charge in [-0.3, -0.25) is 0 Å². The zero-order valence-electron chi connectivity index (χ0n) is 10.7. The molecule has 2 atom stereocenters. The van der Waals surface area contributed by atoms with E-state index >= 15 is 0 Å². The highest BCUT2D eigenvalue weighted by molar-refractivity contribution is 7.80. The fraction of sp³-hybridized carbons (Fsp3) is 0.250. The van der Waals surface area contributed by atoms with Crippen molar-refractivity contribution < 1.29 is 5.11 Å². The summed E-state index contributed by atoms with van der Waals surface area (Å²) in [5.74, 6) is 0.710. The quantitative estimate of drug-likeness (QED) is 0.558. The molecular formula is C16H19NOS. The molecule has 0 bridgehead atoms. The first-order chi connectivity index (χ1) is 9.29. The van der Waals surface area contributed by atoms with Crippen LogP contribution in [0.3, 0.4) is 0 Å². The summed E-state index contributed by atoms with van der Waals surface area (Å²) >= 11 is 4.35. The molecule has 0 saturated carbocycles. The van der Waals surface area contributed by atoms with Crippen molar-refractivity contribution in [3.8, 4) is 0 Å².